The lowest BCUT2D eigenvalue weighted by Crippen LogP contribution is -2.16. The van der Waals surface area contributed by atoms with Gasteiger partial charge in [-0.05, 0) is 6.54 Å². The van der Waals surface area contributed by atoms with Crippen LogP contribution in [0, 0.1) is 0 Å². The average Bonchev–Trinajstić information content (AvgIpc) is 2.37. The number of nitrogens with one attached hydrogen (secondary N) is 2. The van der Waals surface area contributed by atoms with Crippen LogP contribution in [0.15, 0.2) is 9.32 Å². The zero-order chi connectivity index (χ0) is 8.10. The maximum Gasteiger partial charge on any atom is 0.438 e. The molecule has 5 heteroatoms. The quantitative estimate of drug-likeness (QED) is 0.579. The van der Waals surface area contributed by atoms with Crippen LogP contribution in [-0.4, -0.2) is 23.2 Å². The van der Waals surface area contributed by atoms with Crippen LogP contribution in [0.2, 0.25) is 0 Å². The van der Waals surface area contributed by atoms with Crippen LogP contribution in [0.25, 0.3) is 0 Å². The Morgan fingerprint density at radius 2 is 2.55 bits per heavy atom. The molecule has 0 bridgehead atoms. The van der Waals surface area contributed by atoms with E-state index in [1.54, 1.807) is 0 Å². The van der Waals surface area contributed by atoms with Crippen molar-refractivity contribution in [2.75, 3.05) is 13.1 Å². The van der Waals surface area contributed by atoms with E-state index in [2.05, 4.69) is 20.0 Å². The molecule has 0 atom stereocenters. The van der Waals surface area contributed by atoms with Crippen LogP contribution in [-0.2, 0) is 6.42 Å². The third-order valence-electron chi connectivity index (χ3n) is 1.27. The summed E-state index contributed by atoms with van der Waals surface area (Å²) in [6.45, 7) is 3.74. The van der Waals surface area contributed by atoms with Crippen molar-refractivity contribution in [1.82, 2.24) is 15.5 Å². The van der Waals surface area contributed by atoms with Gasteiger partial charge in [0, 0.05) is 13.0 Å². The monoisotopic (exact) mass is 157 g/mol. The normalized spacial score (nSPS) is 10.3. The highest BCUT2D eigenvalue weighted by Crippen LogP contribution is 1.83. The zero-order valence-corrected chi connectivity index (χ0v) is 6.39. The second-order valence-electron chi connectivity index (χ2n) is 2.15. The van der Waals surface area contributed by atoms with Gasteiger partial charge in [-0.2, -0.15) is 0 Å². The van der Waals surface area contributed by atoms with Crippen LogP contribution < -0.4 is 11.1 Å². The summed E-state index contributed by atoms with van der Waals surface area (Å²) in [6.07, 6.45) is 0.694. The molecule has 2 N–H and O–H groups in total. The second kappa shape index (κ2) is 3.92. The Hall–Kier alpha value is -1.10. The molecule has 0 fully saturated rings. The van der Waals surface area contributed by atoms with Gasteiger partial charge in [-0.25, -0.2) is 4.79 Å². The first kappa shape index (κ1) is 8.00. The Balaban J connectivity index is 2.33. The van der Waals surface area contributed by atoms with Crippen LogP contribution in [0.3, 0.4) is 0 Å². The Labute approximate surface area is 63.8 Å². The molecule has 0 radical (unpaired) electrons. The molecule has 11 heavy (non-hydrogen) atoms. The minimum absolute atomic E-state index is 0.489. The fourth-order valence-electron chi connectivity index (χ4n) is 0.752. The lowest BCUT2D eigenvalue weighted by molar-refractivity contribution is 0.381. The predicted molar refractivity (Wildman–Crippen MR) is 39.4 cm³/mol. The van der Waals surface area contributed by atoms with Gasteiger partial charge in [-0.1, -0.05) is 12.1 Å². The van der Waals surface area contributed by atoms with Crippen molar-refractivity contribution in [1.29, 1.82) is 0 Å². The molecular formula is C6H11N3O2. The Bertz CT molecular complexity index is 252. The van der Waals surface area contributed by atoms with Gasteiger partial charge in [0.15, 0.2) is 5.82 Å². The van der Waals surface area contributed by atoms with Crippen molar-refractivity contribution < 1.29 is 4.52 Å². The molecule has 0 aliphatic heterocycles. The molecule has 0 unspecified atom stereocenters. The molecule has 0 amide bonds. The lowest BCUT2D eigenvalue weighted by atomic mass is 10.4. The summed E-state index contributed by atoms with van der Waals surface area (Å²) < 4.78 is 4.31. The van der Waals surface area contributed by atoms with Crippen LogP contribution in [0.5, 0.6) is 0 Å². The Kier molecular flexibility index (Phi) is 2.85. The van der Waals surface area contributed by atoms with E-state index in [1.165, 1.54) is 0 Å². The van der Waals surface area contributed by atoms with Crippen molar-refractivity contribution in [2.45, 2.75) is 13.3 Å². The summed E-state index contributed by atoms with van der Waals surface area (Å²) >= 11 is 0. The van der Waals surface area contributed by atoms with Crippen molar-refractivity contribution in [3.63, 3.8) is 0 Å². The predicted octanol–water partition coefficient (Wildman–Crippen LogP) is -0.485. The van der Waals surface area contributed by atoms with Crippen LogP contribution >= 0.6 is 0 Å². The number of likely N-dealkylation sites (N-methyl/N-ethyl adjacent to an activating group) is 1. The third-order valence-corrected chi connectivity index (χ3v) is 1.27. The highest BCUT2D eigenvalue weighted by Gasteiger charge is 1.97. The molecule has 1 rings (SSSR count). The summed E-state index contributed by atoms with van der Waals surface area (Å²) in [6, 6.07) is 0. The van der Waals surface area contributed by atoms with E-state index >= 15 is 0 Å². The summed E-state index contributed by atoms with van der Waals surface area (Å²) in [4.78, 5) is 12.9. The fourth-order valence-corrected chi connectivity index (χ4v) is 0.752. The number of aromatic amines is 1. The number of hydrogen-bond acceptors (Lipinski definition) is 4. The van der Waals surface area contributed by atoms with Gasteiger partial charge in [0.2, 0.25) is 0 Å². The van der Waals surface area contributed by atoms with Gasteiger partial charge >= 0.3 is 5.76 Å². The zero-order valence-electron chi connectivity index (χ0n) is 6.39. The summed E-state index contributed by atoms with van der Waals surface area (Å²) in [5, 5.41) is 6.61. The molecule has 0 saturated carbocycles. The first-order valence-electron chi connectivity index (χ1n) is 3.58. The van der Waals surface area contributed by atoms with Gasteiger partial charge in [0.1, 0.15) is 0 Å². The molecule has 1 aromatic heterocycles. The lowest BCUT2D eigenvalue weighted by Gasteiger charge is -1.95. The molecule has 1 aromatic rings. The van der Waals surface area contributed by atoms with Crippen molar-refractivity contribution in [2.24, 2.45) is 0 Å². The van der Waals surface area contributed by atoms with Gasteiger partial charge in [0.05, 0.1) is 0 Å². The maximum absolute atomic E-state index is 10.4. The second-order valence-corrected chi connectivity index (χ2v) is 2.15. The number of hydrogen-bond donors (Lipinski definition) is 2. The van der Waals surface area contributed by atoms with Crippen molar-refractivity contribution in [3.05, 3.63) is 16.4 Å². The minimum atomic E-state index is -0.489. The average molecular weight is 157 g/mol. The number of nitrogens with zero attached hydrogens (tertiary/aromatic N) is 1. The van der Waals surface area contributed by atoms with E-state index in [0.29, 0.717) is 12.2 Å². The molecule has 0 spiro atoms. The van der Waals surface area contributed by atoms with Gasteiger partial charge in [-0.3, -0.25) is 9.51 Å². The maximum atomic E-state index is 10.4. The van der Waals surface area contributed by atoms with E-state index in [-0.39, 0.29) is 0 Å². The summed E-state index contributed by atoms with van der Waals surface area (Å²) in [7, 11) is 0. The van der Waals surface area contributed by atoms with Gasteiger partial charge < -0.3 is 5.32 Å². The molecule has 1 heterocycles. The Morgan fingerprint density at radius 3 is 3.09 bits per heavy atom. The van der Waals surface area contributed by atoms with E-state index < -0.39 is 5.76 Å². The minimum Gasteiger partial charge on any atom is -0.317 e. The van der Waals surface area contributed by atoms with E-state index in [4.69, 9.17) is 0 Å². The fraction of sp³-hybridized carbons (Fsp3) is 0.667. The Morgan fingerprint density at radius 1 is 1.73 bits per heavy atom. The highest BCUT2D eigenvalue weighted by atomic mass is 16.5. The standard InChI is InChI=1S/C6H11N3O2/c1-2-7-4-3-5-8-6(10)11-9-5/h7H,2-4H2,1H3,(H,8,9,10). The van der Waals surface area contributed by atoms with Crippen LogP contribution in [0.1, 0.15) is 12.7 Å². The van der Waals surface area contributed by atoms with Crippen molar-refractivity contribution >= 4 is 0 Å². The molecular weight excluding hydrogens is 146 g/mol. The largest absolute Gasteiger partial charge is 0.438 e. The van der Waals surface area contributed by atoms with E-state index in [0.717, 1.165) is 13.1 Å². The van der Waals surface area contributed by atoms with Crippen molar-refractivity contribution in [3.8, 4) is 0 Å². The van der Waals surface area contributed by atoms with Crippen LogP contribution in [0.4, 0.5) is 0 Å². The van der Waals surface area contributed by atoms with Gasteiger partial charge in [0.25, 0.3) is 0 Å². The molecule has 0 aromatic carbocycles. The summed E-state index contributed by atoms with van der Waals surface area (Å²) in [5.74, 6) is 0.104. The first-order valence-corrected chi connectivity index (χ1v) is 3.58. The van der Waals surface area contributed by atoms with E-state index in [1.807, 2.05) is 6.92 Å². The SMILES string of the molecule is CCNCCc1noc(=O)[nH]1. The van der Waals surface area contributed by atoms with Gasteiger partial charge in [-0.15, -0.1) is 0 Å². The number of H-pyrrole nitrogens is 1. The van der Waals surface area contributed by atoms with E-state index in [9.17, 15) is 4.79 Å². The first-order chi connectivity index (χ1) is 5.33. The smallest absolute Gasteiger partial charge is 0.317 e. The summed E-state index contributed by atoms with van der Waals surface area (Å²) in [5.41, 5.74) is 0. The molecule has 62 valence electrons. The topological polar surface area (TPSA) is 70.9 Å². The third kappa shape index (κ3) is 2.55. The number of rotatable bonds is 4. The number of aromatic nitrogens is 2. The highest BCUT2D eigenvalue weighted by molar-refractivity contribution is 4.78. The molecule has 0 aliphatic rings. The molecule has 0 aliphatic carbocycles. The molecule has 5 nitrogen and oxygen atoms in total. The molecule has 0 saturated heterocycles.